The Hall–Kier alpha value is -3.93. The maximum absolute atomic E-state index is 12.9. The molecule has 33 heavy (non-hydrogen) atoms. The molecule has 0 atom stereocenters. The number of amides is 1. The Morgan fingerprint density at radius 1 is 1.12 bits per heavy atom. The van der Waals surface area contributed by atoms with Gasteiger partial charge >= 0.3 is 6.11 Å². The first-order valence-corrected chi connectivity index (χ1v) is 10.1. The van der Waals surface area contributed by atoms with Crippen LogP contribution in [0.15, 0.2) is 58.8 Å². The predicted molar refractivity (Wildman–Crippen MR) is 121 cm³/mol. The second kappa shape index (κ2) is 12.2. The molecule has 174 valence electrons. The monoisotopic (exact) mass is 457 g/mol. The zero-order valence-corrected chi connectivity index (χ0v) is 18.8. The standard InChI is InChI=1S/C24H25F2N3O4/c1-5-19(13-10-17-11-14-20(15-12-17)33-24(2,25)26)28-32-16-18-8-6-7-9-21(18)22(29-31-4)23(30)27-3/h6-9,11-12,14-15H,5,16H2,1-4H3,(H,27,30)/b28-19+,29-22+. The van der Waals surface area contributed by atoms with Gasteiger partial charge in [0.2, 0.25) is 0 Å². The quantitative estimate of drug-likeness (QED) is 0.349. The topological polar surface area (TPSA) is 81.5 Å². The van der Waals surface area contributed by atoms with Gasteiger partial charge in [0.15, 0.2) is 5.71 Å². The van der Waals surface area contributed by atoms with Crippen LogP contribution >= 0.6 is 0 Å². The van der Waals surface area contributed by atoms with Crippen LogP contribution in [0.1, 0.15) is 37.0 Å². The molecule has 0 unspecified atom stereocenters. The fraction of sp³-hybridized carbons (Fsp3) is 0.292. The Kier molecular flexibility index (Phi) is 9.36. The number of carbonyl (C=O) groups excluding carboxylic acids is 1. The number of likely N-dealkylation sites (N-methyl/N-ethyl adjacent to an activating group) is 1. The third kappa shape index (κ3) is 8.26. The molecule has 0 saturated carbocycles. The highest BCUT2D eigenvalue weighted by Crippen LogP contribution is 2.21. The predicted octanol–water partition coefficient (Wildman–Crippen LogP) is 4.11. The lowest BCUT2D eigenvalue weighted by Gasteiger charge is -2.12. The van der Waals surface area contributed by atoms with Gasteiger partial charge in [-0.25, -0.2) is 0 Å². The minimum atomic E-state index is -3.25. The molecular formula is C24H25F2N3O4. The van der Waals surface area contributed by atoms with Crippen LogP contribution in [0.3, 0.4) is 0 Å². The van der Waals surface area contributed by atoms with Crippen LogP contribution in [0.25, 0.3) is 0 Å². The van der Waals surface area contributed by atoms with Crippen LogP contribution in [0.4, 0.5) is 8.78 Å². The minimum absolute atomic E-state index is 0.0487. The average molecular weight is 457 g/mol. The first-order chi connectivity index (χ1) is 15.8. The Balaban J connectivity index is 2.11. The van der Waals surface area contributed by atoms with Crippen LogP contribution < -0.4 is 10.1 Å². The summed E-state index contributed by atoms with van der Waals surface area (Å²) in [6.45, 7) is 2.63. The van der Waals surface area contributed by atoms with Gasteiger partial charge in [-0.3, -0.25) is 4.79 Å². The molecule has 0 aliphatic heterocycles. The smallest absolute Gasteiger partial charge is 0.394 e. The second-order valence-corrected chi connectivity index (χ2v) is 6.71. The molecule has 0 heterocycles. The second-order valence-electron chi connectivity index (χ2n) is 6.71. The summed E-state index contributed by atoms with van der Waals surface area (Å²) in [6, 6.07) is 13.1. The number of ether oxygens (including phenoxy) is 1. The molecule has 2 aromatic rings. The summed E-state index contributed by atoms with van der Waals surface area (Å²) >= 11 is 0. The van der Waals surface area contributed by atoms with Crippen molar-refractivity contribution in [2.75, 3.05) is 14.2 Å². The van der Waals surface area contributed by atoms with Crippen molar-refractivity contribution in [2.45, 2.75) is 33.0 Å². The fourth-order valence-electron chi connectivity index (χ4n) is 2.61. The van der Waals surface area contributed by atoms with Gasteiger partial charge in [-0.05, 0) is 36.6 Å². The van der Waals surface area contributed by atoms with Crippen LogP contribution in [-0.2, 0) is 21.1 Å². The van der Waals surface area contributed by atoms with E-state index >= 15 is 0 Å². The molecule has 1 N–H and O–H groups in total. The van der Waals surface area contributed by atoms with Crippen molar-refractivity contribution < 1.29 is 28.0 Å². The van der Waals surface area contributed by atoms with Crippen molar-refractivity contribution in [3.8, 4) is 17.6 Å². The molecule has 7 nitrogen and oxygen atoms in total. The Morgan fingerprint density at radius 3 is 2.42 bits per heavy atom. The summed E-state index contributed by atoms with van der Waals surface area (Å²) in [5.74, 6) is 5.47. The van der Waals surface area contributed by atoms with Gasteiger partial charge in [-0.2, -0.15) is 8.78 Å². The zero-order valence-electron chi connectivity index (χ0n) is 18.8. The highest BCUT2D eigenvalue weighted by Gasteiger charge is 2.22. The third-order valence-corrected chi connectivity index (χ3v) is 4.13. The van der Waals surface area contributed by atoms with Gasteiger partial charge in [-0.1, -0.05) is 47.4 Å². The maximum atomic E-state index is 12.9. The van der Waals surface area contributed by atoms with Crippen LogP contribution in [0.2, 0.25) is 0 Å². The van der Waals surface area contributed by atoms with E-state index in [1.165, 1.54) is 26.3 Å². The number of halogens is 2. The highest BCUT2D eigenvalue weighted by molar-refractivity contribution is 6.45. The summed E-state index contributed by atoms with van der Waals surface area (Å²) < 4.78 is 30.3. The lowest BCUT2D eigenvalue weighted by Crippen LogP contribution is -2.29. The van der Waals surface area contributed by atoms with Crippen LogP contribution in [0.5, 0.6) is 5.75 Å². The molecule has 0 aliphatic rings. The molecule has 2 rings (SSSR count). The molecule has 0 saturated heterocycles. The molecule has 9 heteroatoms. The van der Waals surface area contributed by atoms with E-state index in [0.717, 1.165) is 0 Å². The Labute approximate surface area is 191 Å². The molecule has 0 aliphatic carbocycles. The minimum Gasteiger partial charge on any atom is -0.433 e. The molecule has 1 amide bonds. The van der Waals surface area contributed by atoms with E-state index in [2.05, 4.69) is 32.2 Å². The zero-order chi connectivity index (χ0) is 24.3. The summed E-state index contributed by atoms with van der Waals surface area (Å²) in [5.41, 5.74) is 2.46. The number of nitrogens with one attached hydrogen (secondary N) is 1. The molecule has 0 spiro atoms. The highest BCUT2D eigenvalue weighted by atomic mass is 19.3. The summed E-state index contributed by atoms with van der Waals surface area (Å²) in [5, 5.41) is 10.4. The number of rotatable bonds is 9. The first kappa shape index (κ1) is 25.3. The van der Waals surface area contributed by atoms with Gasteiger partial charge in [0.1, 0.15) is 25.2 Å². The maximum Gasteiger partial charge on any atom is 0.394 e. The van der Waals surface area contributed by atoms with E-state index in [1.54, 1.807) is 30.3 Å². The van der Waals surface area contributed by atoms with Crippen molar-refractivity contribution >= 4 is 17.3 Å². The number of carbonyl (C=O) groups is 1. The number of nitrogens with zero attached hydrogens (tertiary/aromatic N) is 2. The molecule has 0 bridgehead atoms. The molecule has 0 aromatic heterocycles. The van der Waals surface area contributed by atoms with Crippen molar-refractivity contribution in [2.24, 2.45) is 10.3 Å². The van der Waals surface area contributed by atoms with Crippen molar-refractivity contribution in [3.63, 3.8) is 0 Å². The number of alkyl halides is 2. The largest absolute Gasteiger partial charge is 0.433 e. The van der Waals surface area contributed by atoms with Gasteiger partial charge in [0, 0.05) is 30.7 Å². The molecular weight excluding hydrogens is 432 g/mol. The van der Waals surface area contributed by atoms with Gasteiger partial charge in [-0.15, -0.1) is 0 Å². The number of oxime groups is 2. The van der Waals surface area contributed by atoms with E-state index in [4.69, 9.17) is 9.68 Å². The fourth-order valence-corrected chi connectivity index (χ4v) is 2.61. The normalized spacial score (nSPS) is 11.8. The molecule has 0 radical (unpaired) electrons. The third-order valence-electron chi connectivity index (χ3n) is 4.13. The van der Waals surface area contributed by atoms with E-state index in [-0.39, 0.29) is 18.1 Å². The number of hydrogen-bond donors (Lipinski definition) is 1. The lowest BCUT2D eigenvalue weighted by atomic mass is 10.0. The van der Waals surface area contributed by atoms with Crippen molar-refractivity contribution in [3.05, 3.63) is 65.2 Å². The van der Waals surface area contributed by atoms with Crippen LogP contribution in [0, 0.1) is 11.8 Å². The van der Waals surface area contributed by atoms with Gasteiger partial charge in [0.25, 0.3) is 5.91 Å². The lowest BCUT2D eigenvalue weighted by molar-refractivity contribution is -0.158. The van der Waals surface area contributed by atoms with Crippen molar-refractivity contribution in [1.29, 1.82) is 0 Å². The van der Waals surface area contributed by atoms with E-state index < -0.39 is 12.0 Å². The summed E-state index contributed by atoms with van der Waals surface area (Å²) in [7, 11) is 2.86. The summed E-state index contributed by atoms with van der Waals surface area (Å²) in [6.07, 6.45) is -2.73. The van der Waals surface area contributed by atoms with Crippen molar-refractivity contribution in [1.82, 2.24) is 5.32 Å². The average Bonchev–Trinajstić information content (AvgIpc) is 2.79. The van der Waals surface area contributed by atoms with E-state index in [0.29, 0.717) is 35.7 Å². The van der Waals surface area contributed by atoms with E-state index in [1.807, 2.05) is 13.0 Å². The first-order valence-electron chi connectivity index (χ1n) is 10.1. The Bertz CT molecular complexity index is 1070. The molecule has 2 aromatic carbocycles. The molecule has 0 fully saturated rings. The van der Waals surface area contributed by atoms with Gasteiger partial charge < -0.3 is 19.7 Å². The summed E-state index contributed by atoms with van der Waals surface area (Å²) in [4.78, 5) is 22.4. The SMILES string of the molecule is CC/C(C#Cc1ccc(OC(C)(F)F)cc1)=N\OCc1ccccc1/C(=N\OC)C(=O)NC. The van der Waals surface area contributed by atoms with Crippen LogP contribution in [-0.4, -0.2) is 37.6 Å². The van der Waals surface area contributed by atoms with Gasteiger partial charge in [0.05, 0.1) is 0 Å². The number of hydrogen-bond acceptors (Lipinski definition) is 6. The Morgan fingerprint density at radius 2 is 1.82 bits per heavy atom. The number of benzene rings is 2. The van der Waals surface area contributed by atoms with E-state index in [9.17, 15) is 13.6 Å².